The summed E-state index contributed by atoms with van der Waals surface area (Å²) < 4.78 is 10.3. The predicted molar refractivity (Wildman–Crippen MR) is 64.4 cm³/mol. The molecule has 0 unspecified atom stereocenters. The Labute approximate surface area is 94.8 Å². The van der Waals surface area contributed by atoms with Crippen molar-refractivity contribution in [1.82, 2.24) is 0 Å². The fourth-order valence-corrected chi connectivity index (χ4v) is 1.64. The van der Waals surface area contributed by atoms with Crippen LogP contribution >= 0.6 is 0 Å². The first-order valence-corrected chi connectivity index (χ1v) is 4.97. The lowest BCUT2D eigenvalue weighted by atomic mass is 10.0. The van der Waals surface area contributed by atoms with Gasteiger partial charge in [0.15, 0.2) is 6.79 Å². The number of methoxy groups -OCH3 is 1. The van der Waals surface area contributed by atoms with Gasteiger partial charge >= 0.3 is 0 Å². The number of rotatable bonds is 3. The van der Waals surface area contributed by atoms with Gasteiger partial charge in [-0.15, -0.1) is 6.42 Å². The third kappa shape index (κ3) is 1.86. The Balaban J connectivity index is 2.55. The van der Waals surface area contributed by atoms with E-state index in [2.05, 4.69) is 5.92 Å². The summed E-state index contributed by atoms with van der Waals surface area (Å²) in [6.07, 6.45) is 5.52. The minimum atomic E-state index is 0.201. The number of ether oxygens (including phenoxy) is 2. The molecule has 0 amide bonds. The molecule has 0 saturated heterocycles. The second-order valence-corrected chi connectivity index (χ2v) is 3.36. The van der Waals surface area contributed by atoms with E-state index in [9.17, 15) is 0 Å². The number of fused-ring (bicyclic) bond motifs is 1. The summed E-state index contributed by atoms with van der Waals surface area (Å²) in [7, 11) is 1.58. The van der Waals surface area contributed by atoms with Crippen LogP contribution in [0, 0.1) is 12.3 Å². The van der Waals surface area contributed by atoms with Gasteiger partial charge in [0.1, 0.15) is 5.75 Å². The summed E-state index contributed by atoms with van der Waals surface area (Å²) >= 11 is 0. The van der Waals surface area contributed by atoms with Gasteiger partial charge in [-0.1, -0.05) is 36.3 Å². The molecule has 0 fully saturated rings. The maximum Gasteiger partial charge on any atom is 0.188 e. The van der Waals surface area contributed by atoms with Gasteiger partial charge < -0.3 is 9.47 Å². The third-order valence-electron chi connectivity index (χ3n) is 2.37. The van der Waals surface area contributed by atoms with E-state index in [0.717, 1.165) is 16.3 Å². The first-order valence-electron chi connectivity index (χ1n) is 4.97. The van der Waals surface area contributed by atoms with Gasteiger partial charge in [-0.25, -0.2) is 0 Å². The summed E-state index contributed by atoms with van der Waals surface area (Å²) in [4.78, 5) is 0. The van der Waals surface area contributed by atoms with Crippen molar-refractivity contribution in [2.75, 3.05) is 13.9 Å². The van der Waals surface area contributed by atoms with Gasteiger partial charge in [-0.2, -0.15) is 0 Å². The normalized spacial score (nSPS) is 10.0. The molecule has 0 aromatic heterocycles. The van der Waals surface area contributed by atoms with Gasteiger partial charge in [-0.05, 0) is 11.5 Å². The van der Waals surface area contributed by atoms with Crippen LogP contribution in [0.4, 0.5) is 0 Å². The molecule has 0 aliphatic carbocycles. The van der Waals surface area contributed by atoms with E-state index in [0.29, 0.717) is 5.75 Å². The zero-order valence-electron chi connectivity index (χ0n) is 9.07. The maximum atomic E-state index is 5.52. The van der Waals surface area contributed by atoms with Crippen molar-refractivity contribution >= 4 is 10.8 Å². The molecule has 2 heteroatoms. The molecule has 0 saturated carbocycles. The molecule has 0 bridgehead atoms. The monoisotopic (exact) mass is 212 g/mol. The van der Waals surface area contributed by atoms with Crippen molar-refractivity contribution in [3.8, 4) is 18.1 Å². The van der Waals surface area contributed by atoms with E-state index in [1.165, 1.54) is 0 Å². The van der Waals surface area contributed by atoms with Crippen LogP contribution in [-0.2, 0) is 4.74 Å². The molecule has 0 radical (unpaired) electrons. The number of terminal acetylenes is 1. The van der Waals surface area contributed by atoms with Crippen molar-refractivity contribution in [3.05, 3.63) is 42.0 Å². The smallest absolute Gasteiger partial charge is 0.188 e. The third-order valence-corrected chi connectivity index (χ3v) is 2.37. The second kappa shape index (κ2) is 4.69. The van der Waals surface area contributed by atoms with Crippen LogP contribution in [0.3, 0.4) is 0 Å². The maximum absolute atomic E-state index is 5.52. The summed E-state index contributed by atoms with van der Waals surface area (Å²) in [5.74, 6) is 3.35. The molecule has 0 aliphatic rings. The number of hydrogen-bond donors (Lipinski definition) is 0. The quantitative estimate of drug-likeness (QED) is 0.575. The van der Waals surface area contributed by atoms with Crippen molar-refractivity contribution in [3.63, 3.8) is 0 Å². The lowest BCUT2D eigenvalue weighted by molar-refractivity contribution is 0.0510. The first-order chi connectivity index (χ1) is 7.86. The molecule has 0 spiro atoms. The summed E-state index contributed by atoms with van der Waals surface area (Å²) in [5.41, 5.74) is 0.773. The van der Waals surface area contributed by atoms with Crippen molar-refractivity contribution < 1.29 is 9.47 Å². The number of hydrogen-bond acceptors (Lipinski definition) is 2. The molecule has 0 N–H and O–H groups in total. The highest BCUT2D eigenvalue weighted by Crippen LogP contribution is 2.27. The molecule has 80 valence electrons. The van der Waals surface area contributed by atoms with Crippen molar-refractivity contribution in [2.45, 2.75) is 0 Å². The van der Waals surface area contributed by atoms with Crippen molar-refractivity contribution in [2.24, 2.45) is 0 Å². The van der Waals surface area contributed by atoms with Crippen molar-refractivity contribution in [1.29, 1.82) is 0 Å². The van der Waals surface area contributed by atoms with Crippen LogP contribution in [0.15, 0.2) is 36.4 Å². The van der Waals surface area contributed by atoms with E-state index in [1.54, 1.807) is 7.11 Å². The molecule has 2 nitrogen and oxygen atoms in total. The molecule has 2 rings (SSSR count). The zero-order valence-corrected chi connectivity index (χ0v) is 9.07. The van der Waals surface area contributed by atoms with Gasteiger partial charge in [0.05, 0.1) is 5.56 Å². The Morgan fingerprint density at radius 2 is 2.00 bits per heavy atom. The average Bonchev–Trinajstić information content (AvgIpc) is 2.35. The molecular formula is C14H12O2. The fourth-order valence-electron chi connectivity index (χ4n) is 1.64. The molecule has 2 aromatic rings. The zero-order chi connectivity index (χ0) is 11.4. The second-order valence-electron chi connectivity index (χ2n) is 3.36. The van der Waals surface area contributed by atoms with E-state index < -0.39 is 0 Å². The Morgan fingerprint density at radius 3 is 2.75 bits per heavy atom. The largest absolute Gasteiger partial charge is 0.466 e. The fraction of sp³-hybridized carbons (Fsp3) is 0.143. The highest BCUT2D eigenvalue weighted by Gasteiger charge is 2.05. The van der Waals surface area contributed by atoms with Crippen LogP contribution < -0.4 is 4.74 Å². The van der Waals surface area contributed by atoms with Gasteiger partial charge in [0, 0.05) is 12.5 Å². The van der Waals surface area contributed by atoms with E-state index in [1.807, 2.05) is 36.4 Å². The summed E-state index contributed by atoms with van der Waals surface area (Å²) in [5, 5.41) is 2.14. The number of benzene rings is 2. The molecule has 0 heterocycles. The average molecular weight is 212 g/mol. The minimum absolute atomic E-state index is 0.201. The Kier molecular flexibility index (Phi) is 3.09. The van der Waals surface area contributed by atoms with Crippen LogP contribution in [0.2, 0.25) is 0 Å². The topological polar surface area (TPSA) is 18.5 Å². The SMILES string of the molecule is C#Cc1c(OCOC)ccc2ccccc12. The Hall–Kier alpha value is -1.98. The first kappa shape index (κ1) is 10.5. The summed E-state index contributed by atoms with van der Waals surface area (Å²) in [6.45, 7) is 0.201. The van der Waals surface area contributed by atoms with Crippen LogP contribution in [0.5, 0.6) is 5.75 Å². The lowest BCUT2D eigenvalue weighted by Crippen LogP contribution is -2.00. The molecule has 2 aromatic carbocycles. The molecule has 0 aliphatic heterocycles. The van der Waals surface area contributed by atoms with Gasteiger partial charge in [0.2, 0.25) is 0 Å². The van der Waals surface area contributed by atoms with E-state index >= 15 is 0 Å². The predicted octanol–water partition coefficient (Wildman–Crippen LogP) is 2.80. The molecule has 0 atom stereocenters. The van der Waals surface area contributed by atoms with E-state index in [-0.39, 0.29) is 6.79 Å². The van der Waals surface area contributed by atoms with E-state index in [4.69, 9.17) is 15.9 Å². The van der Waals surface area contributed by atoms with Crippen LogP contribution in [0.25, 0.3) is 10.8 Å². The standard InChI is InChI=1S/C14H12O2/c1-3-12-13-7-5-4-6-11(13)8-9-14(12)16-10-15-2/h1,4-9H,10H2,2H3. The van der Waals surface area contributed by atoms with Crippen LogP contribution in [-0.4, -0.2) is 13.9 Å². The highest BCUT2D eigenvalue weighted by atomic mass is 16.7. The van der Waals surface area contributed by atoms with Crippen LogP contribution in [0.1, 0.15) is 5.56 Å². The van der Waals surface area contributed by atoms with Gasteiger partial charge in [-0.3, -0.25) is 0 Å². The molecule has 16 heavy (non-hydrogen) atoms. The Morgan fingerprint density at radius 1 is 1.19 bits per heavy atom. The Bertz CT molecular complexity index is 538. The highest BCUT2D eigenvalue weighted by molar-refractivity contribution is 5.90. The lowest BCUT2D eigenvalue weighted by Gasteiger charge is -2.09. The molecular weight excluding hydrogens is 200 g/mol. The minimum Gasteiger partial charge on any atom is -0.466 e. The van der Waals surface area contributed by atoms with Gasteiger partial charge in [0.25, 0.3) is 0 Å². The summed E-state index contributed by atoms with van der Waals surface area (Å²) in [6, 6.07) is 11.8.